The second-order valence-corrected chi connectivity index (χ2v) is 11.4. The summed E-state index contributed by atoms with van der Waals surface area (Å²) in [5.74, 6) is -0.0989. The first-order valence-electron chi connectivity index (χ1n) is 15.0. The van der Waals surface area contributed by atoms with Gasteiger partial charge < -0.3 is 25.0 Å². The molecule has 43 heavy (non-hydrogen) atoms. The highest BCUT2D eigenvalue weighted by Crippen LogP contribution is 2.39. The number of nitrogens with one attached hydrogen (secondary N) is 1. The zero-order valence-electron chi connectivity index (χ0n) is 24.1. The number of carbonyl (C=O) groups is 1. The predicted octanol–water partition coefficient (Wildman–Crippen LogP) is 5.39. The molecule has 0 aliphatic carbocycles. The molecule has 0 radical (unpaired) electrons. The number of hydrogen-bond donors (Lipinski definition) is 3. The smallest absolute Gasteiger partial charge is 0.251 e. The molecule has 7 nitrogen and oxygen atoms in total. The Bertz CT molecular complexity index is 1510. The van der Waals surface area contributed by atoms with Crippen molar-refractivity contribution in [3.63, 3.8) is 0 Å². The SMILES string of the molecule is O=C(NCc1cccc(-c2cccc(C3OC(CN4CCC(O)C4)CC(c4ccc(CO)cc4)O3)c2)c1)c1ccccc1. The van der Waals surface area contributed by atoms with Crippen LogP contribution in [0.15, 0.2) is 103 Å². The minimum atomic E-state index is -0.554. The van der Waals surface area contributed by atoms with Crippen LogP contribution in [-0.2, 0) is 22.6 Å². The lowest BCUT2D eigenvalue weighted by molar-refractivity contribution is -0.252. The summed E-state index contributed by atoms with van der Waals surface area (Å²) in [6.45, 7) is 2.70. The van der Waals surface area contributed by atoms with E-state index in [0.717, 1.165) is 52.9 Å². The molecule has 0 saturated carbocycles. The molecule has 7 heteroatoms. The Morgan fingerprint density at radius 2 is 1.60 bits per heavy atom. The van der Waals surface area contributed by atoms with Crippen molar-refractivity contribution in [2.45, 2.75) is 50.6 Å². The maximum Gasteiger partial charge on any atom is 0.251 e. The van der Waals surface area contributed by atoms with Gasteiger partial charge in [0.05, 0.1) is 24.9 Å². The van der Waals surface area contributed by atoms with Crippen LogP contribution < -0.4 is 5.32 Å². The van der Waals surface area contributed by atoms with E-state index in [2.05, 4.69) is 34.5 Å². The fourth-order valence-corrected chi connectivity index (χ4v) is 5.90. The minimum absolute atomic E-state index is 0.00480. The second kappa shape index (κ2) is 13.6. The lowest BCUT2D eigenvalue weighted by atomic mass is 9.98. The quantitative estimate of drug-likeness (QED) is 0.247. The minimum Gasteiger partial charge on any atom is -0.392 e. The van der Waals surface area contributed by atoms with Crippen molar-refractivity contribution in [2.24, 2.45) is 0 Å². The Hall–Kier alpha value is -3.85. The number of likely N-dealkylation sites (tertiary alicyclic amines) is 1. The van der Waals surface area contributed by atoms with Crippen molar-refractivity contribution in [1.82, 2.24) is 10.2 Å². The van der Waals surface area contributed by atoms with Crippen LogP contribution in [0, 0.1) is 0 Å². The molecule has 4 unspecified atom stereocenters. The van der Waals surface area contributed by atoms with Crippen LogP contribution in [0.1, 0.15) is 57.8 Å². The van der Waals surface area contributed by atoms with E-state index in [1.165, 1.54) is 0 Å². The molecule has 0 aromatic heterocycles. The van der Waals surface area contributed by atoms with Crippen molar-refractivity contribution in [1.29, 1.82) is 0 Å². The van der Waals surface area contributed by atoms with Gasteiger partial charge in [0, 0.05) is 43.7 Å². The van der Waals surface area contributed by atoms with E-state index in [4.69, 9.17) is 9.47 Å². The van der Waals surface area contributed by atoms with Crippen LogP contribution in [0.2, 0.25) is 0 Å². The summed E-state index contributed by atoms with van der Waals surface area (Å²) in [5.41, 5.74) is 6.58. The lowest BCUT2D eigenvalue weighted by Gasteiger charge is -2.38. The van der Waals surface area contributed by atoms with Crippen LogP contribution in [0.25, 0.3) is 11.1 Å². The van der Waals surface area contributed by atoms with Crippen molar-refractivity contribution in [3.8, 4) is 11.1 Å². The molecule has 4 atom stereocenters. The van der Waals surface area contributed by atoms with Crippen molar-refractivity contribution in [3.05, 3.63) is 131 Å². The standard InChI is InChI=1S/C36H38N2O5/c39-24-25-12-14-27(15-13-25)34-20-33(23-38-17-16-32(40)22-38)42-36(43-34)31-11-5-10-30(19-31)29-9-4-6-26(18-29)21-37-35(41)28-7-2-1-3-8-28/h1-15,18-19,32-34,36,39-40H,16-17,20-24H2,(H,37,41). The summed E-state index contributed by atoms with van der Waals surface area (Å²) in [6, 6.07) is 33.6. The third-order valence-corrected chi connectivity index (χ3v) is 8.23. The van der Waals surface area contributed by atoms with Gasteiger partial charge in [-0.15, -0.1) is 0 Å². The fraction of sp³-hybridized carbons (Fsp3) is 0.306. The van der Waals surface area contributed by atoms with Crippen LogP contribution in [0.3, 0.4) is 0 Å². The van der Waals surface area contributed by atoms with Crippen LogP contribution in [-0.4, -0.2) is 52.9 Å². The molecular weight excluding hydrogens is 540 g/mol. The molecule has 4 aromatic carbocycles. The number of aliphatic hydroxyl groups is 2. The lowest BCUT2D eigenvalue weighted by Crippen LogP contribution is -2.38. The molecule has 6 rings (SSSR count). The molecule has 2 heterocycles. The summed E-state index contributed by atoms with van der Waals surface area (Å²) in [7, 11) is 0. The first kappa shape index (κ1) is 29.2. The summed E-state index contributed by atoms with van der Waals surface area (Å²) in [5, 5.41) is 22.6. The second-order valence-electron chi connectivity index (χ2n) is 11.4. The van der Waals surface area contributed by atoms with Gasteiger partial charge in [0.15, 0.2) is 6.29 Å². The Kier molecular flexibility index (Phi) is 9.27. The van der Waals surface area contributed by atoms with Gasteiger partial charge in [-0.25, -0.2) is 0 Å². The number of amides is 1. The number of benzene rings is 4. The topological polar surface area (TPSA) is 91.3 Å². The summed E-state index contributed by atoms with van der Waals surface area (Å²) in [6.07, 6.45) is 0.433. The van der Waals surface area contributed by atoms with Gasteiger partial charge in [0.2, 0.25) is 0 Å². The highest BCUT2D eigenvalue weighted by atomic mass is 16.7. The van der Waals surface area contributed by atoms with Crippen molar-refractivity contribution in [2.75, 3.05) is 19.6 Å². The third kappa shape index (κ3) is 7.39. The molecule has 2 saturated heterocycles. The largest absolute Gasteiger partial charge is 0.392 e. The zero-order valence-corrected chi connectivity index (χ0v) is 24.1. The Balaban J connectivity index is 1.20. The monoisotopic (exact) mass is 578 g/mol. The number of rotatable bonds is 9. The highest BCUT2D eigenvalue weighted by molar-refractivity contribution is 5.94. The average molecular weight is 579 g/mol. The van der Waals surface area contributed by atoms with Gasteiger partial charge in [0.25, 0.3) is 5.91 Å². The zero-order chi connectivity index (χ0) is 29.6. The molecule has 2 aliphatic rings. The van der Waals surface area contributed by atoms with Crippen LogP contribution >= 0.6 is 0 Å². The van der Waals surface area contributed by atoms with Gasteiger partial charge in [0.1, 0.15) is 0 Å². The number of nitrogens with zero attached hydrogens (tertiary/aromatic N) is 1. The van der Waals surface area contributed by atoms with Crippen LogP contribution in [0.4, 0.5) is 0 Å². The van der Waals surface area contributed by atoms with Gasteiger partial charge in [-0.1, -0.05) is 78.9 Å². The Morgan fingerprint density at radius 1 is 0.837 bits per heavy atom. The molecular formula is C36H38N2O5. The fourth-order valence-electron chi connectivity index (χ4n) is 5.90. The molecule has 4 aromatic rings. The summed E-state index contributed by atoms with van der Waals surface area (Å²) < 4.78 is 13.1. The molecule has 2 aliphatic heterocycles. The van der Waals surface area contributed by atoms with Crippen LogP contribution in [0.5, 0.6) is 0 Å². The number of carbonyl (C=O) groups excluding carboxylic acids is 1. The molecule has 2 fully saturated rings. The average Bonchev–Trinajstić information content (AvgIpc) is 3.48. The maximum absolute atomic E-state index is 12.5. The highest BCUT2D eigenvalue weighted by Gasteiger charge is 2.34. The van der Waals surface area contributed by atoms with Gasteiger partial charge in [-0.05, 0) is 58.5 Å². The summed E-state index contributed by atoms with van der Waals surface area (Å²) >= 11 is 0. The van der Waals surface area contributed by atoms with E-state index in [1.54, 1.807) is 12.1 Å². The number of β-amino-alcohol motifs (C(OH)–C–C–N with tert-alkyl or cyclic N) is 1. The van der Waals surface area contributed by atoms with Gasteiger partial charge >= 0.3 is 0 Å². The molecule has 1 amide bonds. The number of hydrogen-bond acceptors (Lipinski definition) is 6. The van der Waals surface area contributed by atoms with E-state index in [-0.39, 0.29) is 30.8 Å². The van der Waals surface area contributed by atoms with E-state index >= 15 is 0 Å². The number of aliphatic hydroxyl groups excluding tert-OH is 2. The van der Waals surface area contributed by atoms with E-state index < -0.39 is 6.29 Å². The molecule has 3 N–H and O–H groups in total. The Morgan fingerprint density at radius 3 is 2.35 bits per heavy atom. The maximum atomic E-state index is 12.5. The van der Waals surface area contributed by atoms with E-state index in [1.807, 2.05) is 66.7 Å². The van der Waals surface area contributed by atoms with Gasteiger partial charge in [-0.3, -0.25) is 9.69 Å². The molecule has 222 valence electrons. The van der Waals surface area contributed by atoms with E-state index in [0.29, 0.717) is 25.1 Å². The first-order valence-corrected chi connectivity index (χ1v) is 15.0. The molecule has 0 bridgehead atoms. The Labute approximate surface area is 252 Å². The molecule has 0 spiro atoms. The van der Waals surface area contributed by atoms with Gasteiger partial charge in [-0.2, -0.15) is 0 Å². The normalized spacial score (nSPS) is 22.4. The number of ether oxygens (including phenoxy) is 2. The first-order chi connectivity index (χ1) is 21.0. The van der Waals surface area contributed by atoms with Crippen molar-refractivity contribution >= 4 is 5.91 Å². The van der Waals surface area contributed by atoms with E-state index in [9.17, 15) is 15.0 Å². The predicted molar refractivity (Wildman–Crippen MR) is 165 cm³/mol. The van der Waals surface area contributed by atoms with Crippen molar-refractivity contribution < 1.29 is 24.5 Å². The third-order valence-electron chi connectivity index (χ3n) is 8.23. The summed E-state index contributed by atoms with van der Waals surface area (Å²) in [4.78, 5) is 14.8.